The summed E-state index contributed by atoms with van der Waals surface area (Å²) in [5.41, 5.74) is 24.0. The Labute approximate surface area is 213 Å². The van der Waals surface area contributed by atoms with Gasteiger partial charge in [0.1, 0.15) is 42.7 Å². The van der Waals surface area contributed by atoms with Crippen LogP contribution in [0.5, 0.6) is 0 Å². The van der Waals surface area contributed by atoms with Crippen molar-refractivity contribution in [3.8, 4) is 0 Å². The predicted molar refractivity (Wildman–Crippen MR) is 123 cm³/mol. The smallest absolute Gasteiger partial charge is 0.189 e. The van der Waals surface area contributed by atoms with Crippen molar-refractivity contribution >= 4 is 0 Å². The standard InChI is InChI=1S/C21H41N5O11/c1-26-11-14(30)18-8(33-20(11)37-21-16(32)13(29)10(25)9(4-27)34-21)3-7(24)19(36-18)35-17-6(23)2-5(22)12(28)15(17)31/h5-21,26-32H,2-4,22-25H2,1H3/t5-,6?,7+,8+,9?,10-,11?,12-,13+,14?,15?,16?,17-,18?,19+,20?,21-/m1/s1. The van der Waals surface area contributed by atoms with Gasteiger partial charge in [0.05, 0.1) is 36.9 Å². The monoisotopic (exact) mass is 539 g/mol. The molecule has 0 radical (unpaired) electrons. The lowest BCUT2D eigenvalue weighted by molar-refractivity contribution is -0.373. The highest BCUT2D eigenvalue weighted by Gasteiger charge is 2.54. The number of likely N-dealkylation sites (N-methyl/N-ethyl adjacent to an activating group) is 1. The molecule has 8 unspecified atom stereocenters. The fraction of sp³-hybridized carbons (Fsp3) is 1.00. The van der Waals surface area contributed by atoms with E-state index in [0.717, 1.165) is 0 Å². The molecule has 1 saturated carbocycles. The zero-order valence-corrected chi connectivity index (χ0v) is 20.5. The molecule has 216 valence electrons. The Morgan fingerprint density at radius 1 is 0.730 bits per heavy atom. The third-order valence-corrected chi connectivity index (χ3v) is 7.74. The van der Waals surface area contributed by atoms with Crippen LogP contribution in [0.3, 0.4) is 0 Å². The van der Waals surface area contributed by atoms with Crippen molar-refractivity contribution in [1.29, 1.82) is 0 Å². The number of nitrogens with two attached hydrogens (primary N) is 4. The molecule has 16 heteroatoms. The first-order valence-electron chi connectivity index (χ1n) is 12.5. The maximum absolute atomic E-state index is 11.1. The van der Waals surface area contributed by atoms with Crippen molar-refractivity contribution in [2.45, 2.75) is 117 Å². The molecule has 3 heterocycles. The minimum absolute atomic E-state index is 0.156. The number of aliphatic hydroxyl groups is 6. The minimum atomic E-state index is -1.54. The van der Waals surface area contributed by atoms with Gasteiger partial charge in [0.15, 0.2) is 18.9 Å². The Hall–Kier alpha value is -0.640. The quantitative estimate of drug-likeness (QED) is 0.149. The van der Waals surface area contributed by atoms with Gasteiger partial charge in [-0.2, -0.15) is 0 Å². The number of rotatable bonds is 6. The number of hydrogen-bond acceptors (Lipinski definition) is 16. The number of fused-ring (bicyclic) bond motifs is 1. The first kappa shape index (κ1) is 29.3. The minimum Gasteiger partial charge on any atom is -0.394 e. The first-order valence-corrected chi connectivity index (χ1v) is 12.5. The number of ether oxygens (including phenoxy) is 5. The molecule has 0 bridgehead atoms. The van der Waals surface area contributed by atoms with Gasteiger partial charge in [0, 0.05) is 12.1 Å². The second kappa shape index (κ2) is 11.8. The molecule has 0 aromatic heterocycles. The van der Waals surface area contributed by atoms with E-state index in [-0.39, 0.29) is 12.8 Å². The van der Waals surface area contributed by atoms with Crippen LogP contribution in [0.1, 0.15) is 12.8 Å². The fourth-order valence-electron chi connectivity index (χ4n) is 5.46. The van der Waals surface area contributed by atoms with E-state index < -0.39 is 111 Å². The summed E-state index contributed by atoms with van der Waals surface area (Å²) in [5, 5.41) is 64.7. The summed E-state index contributed by atoms with van der Waals surface area (Å²) < 4.78 is 29.2. The molecule has 3 aliphatic heterocycles. The lowest BCUT2D eigenvalue weighted by Crippen LogP contribution is -2.70. The van der Waals surface area contributed by atoms with Crippen molar-refractivity contribution in [2.75, 3.05) is 13.7 Å². The van der Waals surface area contributed by atoms with Crippen molar-refractivity contribution in [2.24, 2.45) is 22.9 Å². The summed E-state index contributed by atoms with van der Waals surface area (Å²) >= 11 is 0. The van der Waals surface area contributed by atoms with Gasteiger partial charge in [-0.3, -0.25) is 0 Å². The van der Waals surface area contributed by atoms with Crippen LogP contribution >= 0.6 is 0 Å². The summed E-state index contributed by atoms with van der Waals surface area (Å²) in [7, 11) is 1.55. The molecular weight excluding hydrogens is 498 g/mol. The van der Waals surface area contributed by atoms with Crippen LogP contribution in [0, 0.1) is 0 Å². The Kier molecular flexibility index (Phi) is 9.40. The molecule has 1 aliphatic carbocycles. The van der Waals surface area contributed by atoms with Gasteiger partial charge in [-0.15, -0.1) is 0 Å². The predicted octanol–water partition coefficient (Wildman–Crippen LogP) is -6.95. The summed E-state index contributed by atoms with van der Waals surface area (Å²) in [5.74, 6) is 0. The van der Waals surface area contributed by atoms with Crippen molar-refractivity contribution in [3.63, 3.8) is 0 Å². The first-order chi connectivity index (χ1) is 17.5. The summed E-state index contributed by atoms with van der Waals surface area (Å²) in [6, 6.07) is -4.05. The number of nitrogens with one attached hydrogen (secondary N) is 1. The normalized spacial score (nSPS) is 55.1. The van der Waals surface area contributed by atoms with Crippen LogP contribution in [0.25, 0.3) is 0 Å². The van der Waals surface area contributed by atoms with E-state index in [1.165, 1.54) is 0 Å². The maximum atomic E-state index is 11.1. The van der Waals surface area contributed by atoms with E-state index in [1.807, 2.05) is 0 Å². The molecule has 4 aliphatic rings. The second-order valence-electron chi connectivity index (χ2n) is 10.3. The summed E-state index contributed by atoms with van der Waals surface area (Å²) in [4.78, 5) is 0. The van der Waals surface area contributed by atoms with Gasteiger partial charge in [-0.05, 0) is 19.9 Å². The zero-order chi connectivity index (χ0) is 27.2. The van der Waals surface area contributed by atoms with Crippen molar-refractivity contribution in [3.05, 3.63) is 0 Å². The molecule has 16 nitrogen and oxygen atoms in total. The summed E-state index contributed by atoms with van der Waals surface area (Å²) in [6.45, 7) is -0.508. The molecule has 4 fully saturated rings. The molecule has 0 amide bonds. The lowest BCUT2D eigenvalue weighted by Gasteiger charge is -2.51. The largest absolute Gasteiger partial charge is 0.394 e. The maximum Gasteiger partial charge on any atom is 0.189 e. The van der Waals surface area contributed by atoms with E-state index in [1.54, 1.807) is 7.05 Å². The highest BCUT2D eigenvalue weighted by Crippen LogP contribution is 2.35. The Balaban J connectivity index is 1.43. The molecule has 0 aromatic carbocycles. The van der Waals surface area contributed by atoms with E-state index in [0.29, 0.717) is 0 Å². The lowest BCUT2D eigenvalue weighted by atomic mass is 9.84. The Morgan fingerprint density at radius 3 is 2.08 bits per heavy atom. The third-order valence-electron chi connectivity index (χ3n) is 7.74. The zero-order valence-electron chi connectivity index (χ0n) is 20.5. The van der Waals surface area contributed by atoms with E-state index in [4.69, 9.17) is 46.6 Å². The van der Waals surface area contributed by atoms with Crippen LogP contribution in [0.4, 0.5) is 0 Å². The van der Waals surface area contributed by atoms with Gasteiger partial charge in [0.25, 0.3) is 0 Å². The number of aliphatic hydroxyl groups excluding tert-OH is 6. The molecule has 0 spiro atoms. The molecular formula is C21H41N5O11. The average molecular weight is 540 g/mol. The fourth-order valence-corrected chi connectivity index (χ4v) is 5.46. The molecule has 37 heavy (non-hydrogen) atoms. The summed E-state index contributed by atoms with van der Waals surface area (Å²) in [6.07, 6.45) is -13.7. The van der Waals surface area contributed by atoms with E-state index in [2.05, 4.69) is 5.32 Å². The Morgan fingerprint density at radius 2 is 1.43 bits per heavy atom. The highest BCUT2D eigenvalue weighted by atomic mass is 16.8. The number of hydrogen-bond donors (Lipinski definition) is 11. The third kappa shape index (κ3) is 5.66. The van der Waals surface area contributed by atoms with Crippen molar-refractivity contribution in [1.82, 2.24) is 5.32 Å². The topological polar surface area (TPSA) is 284 Å². The Bertz CT molecular complexity index is 756. The van der Waals surface area contributed by atoms with Crippen LogP contribution in [0.15, 0.2) is 0 Å². The molecule has 15 N–H and O–H groups in total. The van der Waals surface area contributed by atoms with Gasteiger partial charge >= 0.3 is 0 Å². The van der Waals surface area contributed by atoms with Gasteiger partial charge in [0.2, 0.25) is 0 Å². The molecule has 4 rings (SSSR count). The van der Waals surface area contributed by atoms with Crippen molar-refractivity contribution < 1.29 is 54.3 Å². The van der Waals surface area contributed by atoms with Gasteiger partial charge in [-0.25, -0.2) is 0 Å². The van der Waals surface area contributed by atoms with Crippen LogP contribution < -0.4 is 28.3 Å². The van der Waals surface area contributed by atoms with Crippen LogP contribution in [-0.4, -0.2) is 148 Å². The van der Waals surface area contributed by atoms with Crippen LogP contribution in [0.2, 0.25) is 0 Å². The molecule has 0 aromatic rings. The molecule has 17 atom stereocenters. The SMILES string of the molecule is CNC1C(O[C@H]2OC(CO)[C@@H](N)[C@H](O)C2O)O[C@H]2C[C@H](N)[C@@H](O[C@@H]3C(N)C[C@@H](N)[C@@H](O)C3O)OC2C1O. The van der Waals surface area contributed by atoms with Crippen LogP contribution in [-0.2, 0) is 23.7 Å². The van der Waals surface area contributed by atoms with Gasteiger partial charge < -0.3 is 82.6 Å². The van der Waals surface area contributed by atoms with E-state index >= 15 is 0 Å². The van der Waals surface area contributed by atoms with Gasteiger partial charge in [-0.1, -0.05) is 0 Å². The highest BCUT2D eigenvalue weighted by molar-refractivity contribution is 5.01. The van der Waals surface area contributed by atoms with E-state index in [9.17, 15) is 30.6 Å². The second-order valence-corrected chi connectivity index (χ2v) is 10.3. The average Bonchev–Trinajstić information content (AvgIpc) is 2.86. The molecule has 3 saturated heterocycles.